The van der Waals surface area contributed by atoms with Gasteiger partial charge in [-0.1, -0.05) is 18.5 Å². The Balaban J connectivity index is 1.65. The van der Waals surface area contributed by atoms with E-state index in [4.69, 9.17) is 21.8 Å². The van der Waals surface area contributed by atoms with Gasteiger partial charge in [-0.3, -0.25) is 14.5 Å². The van der Waals surface area contributed by atoms with Crippen LogP contribution in [0.25, 0.3) is 11.0 Å². The zero-order valence-electron chi connectivity index (χ0n) is 15.5. The van der Waals surface area contributed by atoms with E-state index in [2.05, 4.69) is 9.97 Å². The topological polar surface area (TPSA) is 105 Å². The van der Waals surface area contributed by atoms with Crippen LogP contribution < -0.4 is 16.7 Å². The monoisotopic (exact) mass is 400 g/mol. The van der Waals surface area contributed by atoms with E-state index in [1.165, 1.54) is 0 Å². The van der Waals surface area contributed by atoms with E-state index in [-0.39, 0.29) is 16.9 Å². The standard InChI is InChI=1S/C20H21ClN4O3/c1-2-3-17-23-15-6-7-25(9-13(15)20(27)24-17)10-14-18(26)12-8-11(21)4-5-16(12)28-19(14)22/h4-5,8H,2-3,6-7,9-10,22H2,1H3,(H,23,24,27). The van der Waals surface area contributed by atoms with E-state index >= 15 is 0 Å². The van der Waals surface area contributed by atoms with E-state index in [0.717, 1.165) is 24.4 Å². The SMILES string of the molecule is CCCc1nc2c(c(=O)[nH]1)CN(Cc1c(N)oc3ccc(Cl)cc3c1=O)CC2. The van der Waals surface area contributed by atoms with E-state index in [1.54, 1.807) is 18.2 Å². The first-order valence-corrected chi connectivity index (χ1v) is 9.68. The van der Waals surface area contributed by atoms with Crippen molar-refractivity contribution in [2.24, 2.45) is 0 Å². The van der Waals surface area contributed by atoms with Crippen LogP contribution in [0.4, 0.5) is 5.88 Å². The number of aromatic nitrogens is 2. The van der Waals surface area contributed by atoms with Crippen molar-refractivity contribution >= 4 is 28.5 Å². The predicted molar refractivity (Wildman–Crippen MR) is 109 cm³/mol. The van der Waals surface area contributed by atoms with Gasteiger partial charge in [0.15, 0.2) is 11.3 Å². The number of rotatable bonds is 4. The van der Waals surface area contributed by atoms with E-state index in [1.807, 2.05) is 11.8 Å². The van der Waals surface area contributed by atoms with Crippen LogP contribution in [0.1, 0.15) is 36.0 Å². The minimum absolute atomic E-state index is 0.0935. The molecule has 0 atom stereocenters. The number of nitrogens with zero attached hydrogens (tertiary/aromatic N) is 2. The summed E-state index contributed by atoms with van der Waals surface area (Å²) < 4.78 is 5.62. The van der Waals surface area contributed by atoms with Gasteiger partial charge in [-0.05, 0) is 24.6 Å². The molecule has 3 N–H and O–H groups in total. The molecular weight excluding hydrogens is 380 g/mol. The van der Waals surface area contributed by atoms with Crippen molar-refractivity contribution in [3.8, 4) is 0 Å². The maximum absolute atomic E-state index is 12.9. The lowest BCUT2D eigenvalue weighted by molar-refractivity contribution is 0.240. The minimum atomic E-state index is -0.197. The number of H-pyrrole nitrogens is 1. The summed E-state index contributed by atoms with van der Waals surface area (Å²) in [6.45, 7) is 3.44. The molecule has 3 heterocycles. The normalized spacial score (nSPS) is 14.4. The van der Waals surface area contributed by atoms with Gasteiger partial charge in [0.25, 0.3) is 5.56 Å². The third-order valence-corrected chi connectivity index (χ3v) is 5.28. The Morgan fingerprint density at radius 1 is 1.36 bits per heavy atom. The largest absolute Gasteiger partial charge is 0.440 e. The molecule has 0 fully saturated rings. The van der Waals surface area contributed by atoms with Gasteiger partial charge in [0.1, 0.15) is 11.4 Å². The number of anilines is 1. The fourth-order valence-corrected chi connectivity index (χ4v) is 3.79. The molecule has 0 bridgehead atoms. The number of hydrogen-bond acceptors (Lipinski definition) is 6. The Morgan fingerprint density at radius 3 is 2.96 bits per heavy atom. The lowest BCUT2D eigenvalue weighted by atomic mass is 10.1. The molecule has 0 amide bonds. The van der Waals surface area contributed by atoms with Crippen molar-refractivity contribution in [2.75, 3.05) is 12.3 Å². The highest BCUT2D eigenvalue weighted by Gasteiger charge is 2.23. The smallest absolute Gasteiger partial charge is 0.255 e. The van der Waals surface area contributed by atoms with Gasteiger partial charge in [0, 0.05) is 37.5 Å². The molecule has 0 radical (unpaired) electrons. The zero-order valence-corrected chi connectivity index (χ0v) is 16.3. The number of halogens is 1. The highest BCUT2D eigenvalue weighted by atomic mass is 35.5. The molecule has 4 rings (SSSR count). The molecule has 8 heteroatoms. The van der Waals surface area contributed by atoms with Crippen molar-refractivity contribution in [3.63, 3.8) is 0 Å². The Hall–Kier alpha value is -2.64. The van der Waals surface area contributed by atoms with Crippen LogP contribution in [0.5, 0.6) is 0 Å². The van der Waals surface area contributed by atoms with E-state index in [0.29, 0.717) is 53.2 Å². The second-order valence-electron chi connectivity index (χ2n) is 7.06. The molecule has 1 aliphatic rings. The molecule has 3 aromatic rings. The van der Waals surface area contributed by atoms with Crippen molar-refractivity contribution < 1.29 is 4.42 Å². The third-order valence-electron chi connectivity index (χ3n) is 5.04. The van der Waals surface area contributed by atoms with Crippen LogP contribution in [-0.4, -0.2) is 21.4 Å². The summed E-state index contributed by atoms with van der Waals surface area (Å²) in [5, 5.41) is 0.862. The molecule has 0 unspecified atom stereocenters. The molecule has 0 saturated carbocycles. The Kier molecular flexibility index (Phi) is 4.95. The fourth-order valence-electron chi connectivity index (χ4n) is 3.62. The molecule has 0 aliphatic carbocycles. The number of aryl methyl sites for hydroxylation is 1. The lowest BCUT2D eigenvalue weighted by Gasteiger charge is -2.27. The number of fused-ring (bicyclic) bond motifs is 2. The minimum Gasteiger partial charge on any atom is -0.440 e. The maximum atomic E-state index is 12.9. The second kappa shape index (κ2) is 7.41. The first-order valence-electron chi connectivity index (χ1n) is 9.30. The molecule has 0 spiro atoms. The number of aromatic amines is 1. The molecular formula is C20H21ClN4O3. The van der Waals surface area contributed by atoms with Crippen molar-refractivity contribution in [2.45, 2.75) is 39.3 Å². The molecule has 146 valence electrons. The lowest BCUT2D eigenvalue weighted by Crippen LogP contribution is -2.37. The van der Waals surface area contributed by atoms with Crippen molar-refractivity contribution in [3.05, 3.63) is 66.4 Å². The molecule has 1 aliphatic heterocycles. The second-order valence-corrected chi connectivity index (χ2v) is 7.50. The average Bonchev–Trinajstić information content (AvgIpc) is 2.66. The van der Waals surface area contributed by atoms with Gasteiger partial charge in [-0.15, -0.1) is 0 Å². The number of nitrogen functional groups attached to an aromatic ring is 1. The van der Waals surface area contributed by atoms with Crippen molar-refractivity contribution in [1.82, 2.24) is 14.9 Å². The van der Waals surface area contributed by atoms with Gasteiger partial charge < -0.3 is 15.1 Å². The third kappa shape index (κ3) is 3.43. The Labute approximate surface area is 166 Å². The number of benzene rings is 1. The Bertz CT molecular complexity index is 1170. The van der Waals surface area contributed by atoms with Gasteiger partial charge in [0.2, 0.25) is 0 Å². The van der Waals surface area contributed by atoms with Crippen LogP contribution in [0.15, 0.2) is 32.2 Å². The van der Waals surface area contributed by atoms with E-state index in [9.17, 15) is 9.59 Å². The zero-order chi connectivity index (χ0) is 19.8. The summed E-state index contributed by atoms with van der Waals surface area (Å²) in [4.78, 5) is 34.8. The highest BCUT2D eigenvalue weighted by molar-refractivity contribution is 6.31. The average molecular weight is 401 g/mol. The van der Waals surface area contributed by atoms with Crippen LogP contribution in [-0.2, 0) is 25.9 Å². The Morgan fingerprint density at radius 2 is 2.18 bits per heavy atom. The van der Waals surface area contributed by atoms with Gasteiger partial charge in [0.05, 0.1) is 22.2 Å². The summed E-state index contributed by atoms with van der Waals surface area (Å²) >= 11 is 6.02. The summed E-state index contributed by atoms with van der Waals surface area (Å²) in [7, 11) is 0. The molecule has 7 nitrogen and oxygen atoms in total. The van der Waals surface area contributed by atoms with Gasteiger partial charge in [-0.25, -0.2) is 4.98 Å². The quantitative estimate of drug-likeness (QED) is 0.697. The summed E-state index contributed by atoms with van der Waals surface area (Å²) in [5.41, 5.74) is 7.99. The van der Waals surface area contributed by atoms with Crippen LogP contribution in [0.2, 0.25) is 5.02 Å². The molecule has 28 heavy (non-hydrogen) atoms. The van der Waals surface area contributed by atoms with Gasteiger partial charge in [-0.2, -0.15) is 0 Å². The number of nitrogens with two attached hydrogens (primary N) is 1. The summed E-state index contributed by atoms with van der Waals surface area (Å²) in [6.07, 6.45) is 2.33. The molecule has 2 aromatic heterocycles. The molecule has 0 saturated heterocycles. The summed E-state index contributed by atoms with van der Waals surface area (Å²) in [5.74, 6) is 0.826. The van der Waals surface area contributed by atoms with Crippen molar-refractivity contribution in [1.29, 1.82) is 0 Å². The van der Waals surface area contributed by atoms with Gasteiger partial charge >= 0.3 is 0 Å². The van der Waals surface area contributed by atoms with Crippen LogP contribution in [0, 0.1) is 0 Å². The fraction of sp³-hybridized carbons (Fsp3) is 0.350. The maximum Gasteiger partial charge on any atom is 0.255 e. The predicted octanol–water partition coefficient (Wildman–Crippen LogP) is 2.62. The van der Waals surface area contributed by atoms with Crippen LogP contribution in [0.3, 0.4) is 0 Å². The first-order chi connectivity index (χ1) is 13.5. The van der Waals surface area contributed by atoms with E-state index < -0.39 is 0 Å². The summed E-state index contributed by atoms with van der Waals surface area (Å²) in [6, 6.07) is 4.87. The number of nitrogens with one attached hydrogen (secondary N) is 1. The highest BCUT2D eigenvalue weighted by Crippen LogP contribution is 2.23. The number of hydrogen-bond donors (Lipinski definition) is 2. The van der Waals surface area contributed by atoms with Crippen LogP contribution >= 0.6 is 11.6 Å². The molecule has 1 aromatic carbocycles. The first kappa shape index (κ1) is 18.7.